The number of rotatable bonds is 6. The molecule has 126 valence electrons. The van der Waals surface area contributed by atoms with Gasteiger partial charge < -0.3 is 14.8 Å². The average Bonchev–Trinajstić information content (AvgIpc) is 2.55. The zero-order chi connectivity index (χ0) is 17.7. The predicted molar refractivity (Wildman–Crippen MR) is 85.2 cm³/mol. The fourth-order valence-corrected chi connectivity index (χ4v) is 2.03. The number of nitrogens with zero attached hydrogens (tertiary/aromatic N) is 1. The second kappa shape index (κ2) is 7.60. The third-order valence-electron chi connectivity index (χ3n) is 2.92. The Labute approximate surface area is 141 Å². The van der Waals surface area contributed by atoms with Crippen molar-refractivity contribution in [3.05, 3.63) is 57.4 Å². The molecular weight excluding hydrogens is 343 g/mol. The summed E-state index contributed by atoms with van der Waals surface area (Å²) in [6.45, 7) is -0.439. The lowest BCUT2D eigenvalue weighted by atomic mass is 10.3. The monoisotopic (exact) mass is 354 g/mol. The van der Waals surface area contributed by atoms with Crippen molar-refractivity contribution in [1.29, 1.82) is 0 Å². The standard InChI is InChI=1S/C15H12ClFN2O5/c1-23-13-5-3-10(19(21)22)7-14(13)24-8-15(20)18-12-4-2-9(17)6-11(12)16/h2-7H,8H2,1H3,(H,18,20). The summed E-state index contributed by atoms with van der Waals surface area (Å²) in [6, 6.07) is 7.28. The van der Waals surface area contributed by atoms with Crippen LogP contribution in [0.25, 0.3) is 0 Å². The van der Waals surface area contributed by atoms with Crippen molar-refractivity contribution in [2.75, 3.05) is 19.0 Å². The Morgan fingerprint density at radius 2 is 2.04 bits per heavy atom. The van der Waals surface area contributed by atoms with Crippen LogP contribution >= 0.6 is 11.6 Å². The summed E-state index contributed by atoms with van der Waals surface area (Å²) in [5, 5.41) is 13.3. The predicted octanol–water partition coefficient (Wildman–Crippen LogP) is 3.41. The van der Waals surface area contributed by atoms with Crippen LogP contribution in [0.4, 0.5) is 15.8 Å². The summed E-state index contributed by atoms with van der Waals surface area (Å²) in [4.78, 5) is 22.1. The molecule has 0 saturated carbocycles. The first-order valence-corrected chi connectivity index (χ1v) is 6.98. The summed E-state index contributed by atoms with van der Waals surface area (Å²) in [7, 11) is 1.37. The Balaban J connectivity index is 2.05. The van der Waals surface area contributed by atoms with Gasteiger partial charge in [0.25, 0.3) is 11.6 Å². The highest BCUT2D eigenvalue weighted by molar-refractivity contribution is 6.33. The van der Waals surface area contributed by atoms with Gasteiger partial charge in [0.1, 0.15) is 5.82 Å². The molecule has 0 aliphatic rings. The molecule has 0 atom stereocenters. The average molecular weight is 355 g/mol. The molecule has 2 aromatic carbocycles. The minimum Gasteiger partial charge on any atom is -0.493 e. The van der Waals surface area contributed by atoms with E-state index in [1.54, 1.807) is 0 Å². The molecule has 2 rings (SSSR count). The summed E-state index contributed by atoms with van der Waals surface area (Å²) < 4.78 is 23.2. The Kier molecular flexibility index (Phi) is 5.54. The molecule has 0 spiro atoms. The van der Waals surface area contributed by atoms with Gasteiger partial charge in [-0.2, -0.15) is 0 Å². The van der Waals surface area contributed by atoms with Gasteiger partial charge in [-0.25, -0.2) is 4.39 Å². The van der Waals surface area contributed by atoms with Crippen LogP contribution in [0.15, 0.2) is 36.4 Å². The number of carbonyl (C=O) groups is 1. The number of amides is 1. The van der Waals surface area contributed by atoms with Crippen molar-refractivity contribution in [2.24, 2.45) is 0 Å². The van der Waals surface area contributed by atoms with Crippen LogP contribution < -0.4 is 14.8 Å². The van der Waals surface area contributed by atoms with E-state index in [9.17, 15) is 19.3 Å². The van der Waals surface area contributed by atoms with E-state index in [4.69, 9.17) is 21.1 Å². The molecule has 0 aromatic heterocycles. The molecule has 0 aliphatic carbocycles. The highest BCUT2D eigenvalue weighted by Gasteiger charge is 2.14. The Bertz CT molecular complexity index is 784. The molecule has 24 heavy (non-hydrogen) atoms. The maximum Gasteiger partial charge on any atom is 0.273 e. The van der Waals surface area contributed by atoms with Crippen LogP contribution in [-0.2, 0) is 4.79 Å². The van der Waals surface area contributed by atoms with Crippen molar-refractivity contribution >= 4 is 28.9 Å². The normalized spacial score (nSPS) is 10.1. The van der Waals surface area contributed by atoms with Crippen molar-refractivity contribution in [1.82, 2.24) is 0 Å². The smallest absolute Gasteiger partial charge is 0.273 e. The van der Waals surface area contributed by atoms with Gasteiger partial charge >= 0.3 is 0 Å². The van der Waals surface area contributed by atoms with E-state index in [2.05, 4.69) is 5.32 Å². The summed E-state index contributed by atoms with van der Waals surface area (Å²) in [5.74, 6) is -0.812. The van der Waals surface area contributed by atoms with Crippen LogP contribution in [0.1, 0.15) is 0 Å². The van der Waals surface area contributed by atoms with Crippen LogP contribution in [0.5, 0.6) is 11.5 Å². The van der Waals surface area contributed by atoms with E-state index >= 15 is 0 Å². The van der Waals surface area contributed by atoms with Crippen LogP contribution in [0.3, 0.4) is 0 Å². The van der Waals surface area contributed by atoms with Gasteiger partial charge in [0.05, 0.1) is 28.8 Å². The lowest BCUT2D eigenvalue weighted by Crippen LogP contribution is -2.20. The summed E-state index contributed by atoms with van der Waals surface area (Å²) in [5.41, 5.74) is 0.0189. The molecule has 0 bridgehead atoms. The van der Waals surface area contributed by atoms with Crippen molar-refractivity contribution < 1.29 is 23.6 Å². The molecule has 1 N–H and O–H groups in total. The lowest BCUT2D eigenvalue weighted by Gasteiger charge is -2.11. The van der Waals surface area contributed by atoms with Crippen molar-refractivity contribution in [3.8, 4) is 11.5 Å². The second-order valence-corrected chi connectivity index (χ2v) is 4.96. The molecule has 2 aromatic rings. The molecular formula is C15H12ClFN2O5. The molecule has 0 aliphatic heterocycles. The van der Waals surface area contributed by atoms with E-state index in [0.29, 0.717) is 0 Å². The highest BCUT2D eigenvalue weighted by Crippen LogP contribution is 2.31. The molecule has 0 fully saturated rings. The molecule has 0 unspecified atom stereocenters. The number of carbonyl (C=O) groups excluding carboxylic acids is 1. The summed E-state index contributed by atoms with van der Waals surface area (Å²) >= 11 is 5.80. The number of nitro benzene ring substituents is 1. The number of benzene rings is 2. The number of halogens is 2. The van der Waals surface area contributed by atoms with E-state index in [1.165, 1.54) is 25.3 Å². The van der Waals surface area contributed by atoms with E-state index in [1.807, 2.05) is 0 Å². The maximum absolute atomic E-state index is 13.0. The number of methoxy groups -OCH3 is 1. The largest absolute Gasteiger partial charge is 0.493 e. The van der Waals surface area contributed by atoms with Crippen molar-refractivity contribution in [2.45, 2.75) is 0 Å². The number of non-ortho nitro benzene ring substituents is 1. The SMILES string of the molecule is COc1ccc([N+](=O)[O-])cc1OCC(=O)Nc1ccc(F)cc1Cl. The fourth-order valence-electron chi connectivity index (χ4n) is 1.81. The molecule has 7 nitrogen and oxygen atoms in total. The van der Waals surface area contributed by atoms with Crippen LogP contribution in [0, 0.1) is 15.9 Å². The maximum atomic E-state index is 13.0. The van der Waals surface area contributed by atoms with Gasteiger partial charge in [0.15, 0.2) is 18.1 Å². The Morgan fingerprint density at radius 3 is 2.67 bits per heavy atom. The van der Waals surface area contributed by atoms with Gasteiger partial charge in [0, 0.05) is 6.07 Å². The third-order valence-corrected chi connectivity index (χ3v) is 3.23. The summed E-state index contributed by atoms with van der Waals surface area (Å²) in [6.07, 6.45) is 0. The number of ether oxygens (including phenoxy) is 2. The van der Waals surface area contributed by atoms with Crippen LogP contribution in [0.2, 0.25) is 5.02 Å². The van der Waals surface area contributed by atoms with Gasteiger partial charge in [-0.1, -0.05) is 11.6 Å². The first kappa shape index (κ1) is 17.5. The number of anilines is 1. The quantitative estimate of drug-likeness (QED) is 0.634. The first-order chi connectivity index (χ1) is 11.4. The molecule has 0 radical (unpaired) electrons. The Morgan fingerprint density at radius 1 is 1.29 bits per heavy atom. The number of nitrogens with one attached hydrogen (secondary N) is 1. The lowest BCUT2D eigenvalue weighted by molar-refractivity contribution is -0.385. The van der Waals surface area contributed by atoms with E-state index in [-0.39, 0.29) is 27.9 Å². The fraction of sp³-hybridized carbons (Fsp3) is 0.133. The third kappa shape index (κ3) is 4.32. The first-order valence-electron chi connectivity index (χ1n) is 6.61. The van der Waals surface area contributed by atoms with Gasteiger partial charge in [-0.3, -0.25) is 14.9 Å². The molecule has 0 heterocycles. The molecule has 9 heteroatoms. The van der Waals surface area contributed by atoms with Gasteiger partial charge in [-0.05, 0) is 24.3 Å². The minimum atomic E-state index is -0.593. The van der Waals surface area contributed by atoms with Gasteiger partial charge in [0.2, 0.25) is 0 Å². The Hall–Kier alpha value is -2.87. The van der Waals surface area contributed by atoms with Gasteiger partial charge in [-0.15, -0.1) is 0 Å². The second-order valence-electron chi connectivity index (χ2n) is 4.55. The molecule has 0 saturated heterocycles. The topological polar surface area (TPSA) is 90.7 Å². The zero-order valence-corrected chi connectivity index (χ0v) is 13.2. The number of hydrogen-bond donors (Lipinski definition) is 1. The minimum absolute atomic E-state index is 0.0382. The van der Waals surface area contributed by atoms with Crippen molar-refractivity contribution in [3.63, 3.8) is 0 Å². The zero-order valence-electron chi connectivity index (χ0n) is 12.4. The number of hydrogen-bond acceptors (Lipinski definition) is 5. The van der Waals surface area contributed by atoms with E-state index < -0.39 is 23.3 Å². The highest BCUT2D eigenvalue weighted by atomic mass is 35.5. The molecule has 1 amide bonds. The van der Waals surface area contributed by atoms with Crippen LogP contribution in [-0.4, -0.2) is 24.5 Å². The van der Waals surface area contributed by atoms with E-state index in [0.717, 1.165) is 18.2 Å². The number of nitro groups is 1.